The summed E-state index contributed by atoms with van der Waals surface area (Å²) in [5.41, 5.74) is -3.50. The van der Waals surface area contributed by atoms with E-state index in [-0.39, 0.29) is 22.5 Å². The first kappa shape index (κ1) is 34.2. The fourth-order valence-corrected chi connectivity index (χ4v) is 3.58. The van der Waals surface area contributed by atoms with E-state index < -0.39 is 79.0 Å². The molecule has 0 aliphatic carbocycles. The quantitative estimate of drug-likeness (QED) is 0.0601. The van der Waals surface area contributed by atoms with Gasteiger partial charge >= 0.3 is 36.3 Å². The summed E-state index contributed by atoms with van der Waals surface area (Å²) in [6, 6.07) is 7.44. The van der Waals surface area contributed by atoms with Gasteiger partial charge in [0.1, 0.15) is 17.1 Å². The normalized spacial score (nSPS) is 12.7. The standard InChI is InChI=1S/C27H21F9O8/c1-3-22(37)41-11-9-25(30,31)44-27(35,36)43-24(28,29)8-10-40-17-5-4-15-12-19(23(38)42-21(15)14-17)18-7-6-16(39-2)13-20(18)26(32,33)34/h3-7,12-14H,1,8-11H2,2H3. The Hall–Kier alpha value is -4.25. The fraction of sp³-hybridized carbons (Fsp3) is 0.333. The van der Waals surface area contributed by atoms with Crippen molar-refractivity contribution < 1.29 is 72.4 Å². The van der Waals surface area contributed by atoms with Gasteiger partial charge in [0.05, 0.1) is 44.3 Å². The summed E-state index contributed by atoms with van der Waals surface area (Å²) >= 11 is 0. The van der Waals surface area contributed by atoms with Gasteiger partial charge in [0.15, 0.2) is 0 Å². The highest BCUT2D eigenvalue weighted by molar-refractivity contribution is 5.83. The average molecular weight is 644 g/mol. The van der Waals surface area contributed by atoms with Crippen molar-refractivity contribution in [2.24, 2.45) is 0 Å². The second-order valence-corrected chi connectivity index (χ2v) is 8.72. The van der Waals surface area contributed by atoms with Crippen molar-refractivity contribution >= 4 is 16.9 Å². The third-order valence-corrected chi connectivity index (χ3v) is 5.53. The van der Waals surface area contributed by atoms with Crippen LogP contribution in [0.5, 0.6) is 11.5 Å². The molecule has 8 nitrogen and oxygen atoms in total. The Kier molecular flexibility index (Phi) is 10.3. The Morgan fingerprint density at radius 2 is 1.45 bits per heavy atom. The molecule has 0 bridgehead atoms. The minimum Gasteiger partial charge on any atom is -0.497 e. The molecule has 0 radical (unpaired) electrons. The minimum absolute atomic E-state index is 0.109. The molecule has 17 heteroatoms. The predicted molar refractivity (Wildman–Crippen MR) is 132 cm³/mol. The lowest BCUT2D eigenvalue weighted by atomic mass is 9.99. The van der Waals surface area contributed by atoms with Crippen LogP contribution in [0.1, 0.15) is 18.4 Å². The third-order valence-electron chi connectivity index (χ3n) is 5.53. The van der Waals surface area contributed by atoms with Crippen LogP contribution in [-0.4, -0.2) is 44.8 Å². The molecule has 44 heavy (non-hydrogen) atoms. The van der Waals surface area contributed by atoms with E-state index in [1.807, 2.05) is 0 Å². The SMILES string of the molecule is C=CC(=O)OCCC(F)(F)OC(F)(F)OC(F)(F)CCOc1ccc2cc(-c3ccc(OC)cc3C(F)(F)F)c(=O)oc2c1. The van der Waals surface area contributed by atoms with Gasteiger partial charge in [-0.05, 0) is 36.4 Å². The van der Waals surface area contributed by atoms with Crippen LogP contribution in [0.15, 0.2) is 64.3 Å². The number of fused-ring (bicyclic) bond motifs is 1. The summed E-state index contributed by atoms with van der Waals surface area (Å²) < 4.78 is 148. The number of benzene rings is 2. The van der Waals surface area contributed by atoms with Crippen molar-refractivity contribution in [3.8, 4) is 22.6 Å². The second kappa shape index (κ2) is 13.2. The van der Waals surface area contributed by atoms with Gasteiger partial charge in [-0.15, -0.1) is 8.78 Å². The molecule has 0 saturated carbocycles. The lowest BCUT2D eigenvalue weighted by Crippen LogP contribution is -2.41. The smallest absolute Gasteiger partial charge is 0.494 e. The zero-order valence-electron chi connectivity index (χ0n) is 22.3. The number of hydrogen-bond donors (Lipinski definition) is 0. The van der Waals surface area contributed by atoms with Crippen molar-refractivity contribution in [2.75, 3.05) is 20.3 Å². The van der Waals surface area contributed by atoms with Gasteiger partial charge in [-0.1, -0.05) is 6.58 Å². The predicted octanol–water partition coefficient (Wildman–Crippen LogP) is 7.14. The van der Waals surface area contributed by atoms with E-state index in [1.54, 1.807) is 0 Å². The molecular weight excluding hydrogens is 623 g/mol. The monoisotopic (exact) mass is 644 g/mol. The van der Waals surface area contributed by atoms with Crippen LogP contribution in [0.3, 0.4) is 0 Å². The van der Waals surface area contributed by atoms with Crippen molar-refractivity contribution in [3.05, 3.63) is 71.1 Å². The summed E-state index contributed by atoms with van der Waals surface area (Å²) in [5.74, 6) is -1.48. The van der Waals surface area contributed by atoms with Crippen LogP contribution in [0.2, 0.25) is 0 Å². The molecule has 1 heterocycles. The van der Waals surface area contributed by atoms with Crippen LogP contribution in [0.25, 0.3) is 22.1 Å². The summed E-state index contributed by atoms with van der Waals surface area (Å²) in [4.78, 5) is 23.4. The van der Waals surface area contributed by atoms with Crippen LogP contribution in [0.4, 0.5) is 39.5 Å². The van der Waals surface area contributed by atoms with E-state index in [0.717, 1.165) is 31.4 Å². The van der Waals surface area contributed by atoms with Gasteiger partial charge in [-0.25, -0.2) is 19.1 Å². The van der Waals surface area contributed by atoms with Crippen molar-refractivity contribution in [3.63, 3.8) is 0 Å². The number of rotatable bonds is 14. The van der Waals surface area contributed by atoms with Gasteiger partial charge in [0.25, 0.3) is 0 Å². The maximum absolute atomic E-state index is 13.9. The highest BCUT2D eigenvalue weighted by Gasteiger charge is 2.52. The van der Waals surface area contributed by atoms with E-state index in [1.165, 1.54) is 12.1 Å². The highest BCUT2D eigenvalue weighted by Crippen LogP contribution is 2.39. The Morgan fingerprint density at radius 1 is 0.841 bits per heavy atom. The first-order valence-corrected chi connectivity index (χ1v) is 12.1. The Balaban J connectivity index is 1.67. The summed E-state index contributed by atoms with van der Waals surface area (Å²) in [6.07, 6.45) is -22.4. The van der Waals surface area contributed by atoms with Gasteiger partial charge in [0, 0.05) is 23.1 Å². The number of hydrogen-bond acceptors (Lipinski definition) is 8. The fourth-order valence-electron chi connectivity index (χ4n) is 3.58. The van der Waals surface area contributed by atoms with Gasteiger partial charge in [-0.2, -0.15) is 30.7 Å². The lowest BCUT2D eigenvalue weighted by Gasteiger charge is -2.26. The molecule has 0 fully saturated rings. The number of ether oxygens (including phenoxy) is 5. The molecule has 3 aromatic rings. The average Bonchev–Trinajstić information content (AvgIpc) is 2.90. The summed E-state index contributed by atoms with van der Waals surface area (Å²) in [7, 11) is 1.16. The zero-order chi connectivity index (χ0) is 32.9. The number of halogens is 9. The molecule has 0 atom stereocenters. The van der Waals surface area contributed by atoms with E-state index in [4.69, 9.17) is 13.9 Å². The molecule has 1 aromatic heterocycles. The molecular formula is C27H21F9O8. The highest BCUT2D eigenvalue weighted by atomic mass is 19.4. The van der Waals surface area contributed by atoms with E-state index in [9.17, 15) is 49.1 Å². The third kappa shape index (κ3) is 9.37. The Bertz CT molecular complexity index is 1550. The number of methoxy groups -OCH3 is 1. The molecule has 0 saturated heterocycles. The zero-order valence-corrected chi connectivity index (χ0v) is 22.3. The molecule has 0 aliphatic heterocycles. The first-order chi connectivity index (χ1) is 20.3. The van der Waals surface area contributed by atoms with Crippen LogP contribution >= 0.6 is 0 Å². The molecule has 3 rings (SSSR count). The molecule has 0 N–H and O–H groups in total. The number of esters is 1. The summed E-state index contributed by atoms with van der Waals surface area (Å²) in [6.45, 7) is 0.867. The first-order valence-electron chi connectivity index (χ1n) is 12.1. The topological polar surface area (TPSA) is 93.4 Å². The molecule has 2 aromatic carbocycles. The number of alkyl halides is 9. The number of carbonyl (C=O) groups is 1. The van der Waals surface area contributed by atoms with Crippen molar-refractivity contribution in [2.45, 2.75) is 37.5 Å². The van der Waals surface area contributed by atoms with Gasteiger partial charge < -0.3 is 18.6 Å². The van der Waals surface area contributed by atoms with E-state index in [0.29, 0.717) is 12.1 Å². The molecule has 0 amide bonds. The van der Waals surface area contributed by atoms with Crippen LogP contribution in [-0.2, 0) is 25.2 Å². The molecule has 0 aliphatic rings. The second-order valence-electron chi connectivity index (χ2n) is 8.72. The van der Waals surface area contributed by atoms with Crippen LogP contribution in [0, 0.1) is 0 Å². The largest absolute Gasteiger partial charge is 0.497 e. The maximum atomic E-state index is 13.9. The van der Waals surface area contributed by atoms with E-state index >= 15 is 0 Å². The lowest BCUT2D eigenvalue weighted by molar-refractivity contribution is -0.514. The maximum Gasteiger partial charge on any atom is 0.494 e. The van der Waals surface area contributed by atoms with Crippen molar-refractivity contribution in [1.82, 2.24) is 0 Å². The molecule has 0 spiro atoms. The van der Waals surface area contributed by atoms with Gasteiger partial charge in [-0.3, -0.25) is 0 Å². The minimum atomic E-state index is -5.48. The molecule has 0 unspecified atom stereocenters. The Morgan fingerprint density at radius 3 is 2.05 bits per heavy atom. The van der Waals surface area contributed by atoms with Crippen molar-refractivity contribution in [1.29, 1.82) is 0 Å². The number of carbonyl (C=O) groups excluding carboxylic acids is 1. The summed E-state index contributed by atoms with van der Waals surface area (Å²) in [5, 5.41) is 0.113. The Labute approximate surface area is 241 Å². The molecule has 240 valence electrons. The van der Waals surface area contributed by atoms with Gasteiger partial charge in [0.2, 0.25) is 0 Å². The van der Waals surface area contributed by atoms with E-state index in [2.05, 4.69) is 20.8 Å². The van der Waals surface area contributed by atoms with Crippen LogP contribution < -0.4 is 15.1 Å².